The zero-order chi connectivity index (χ0) is 15.7. The van der Waals surface area contributed by atoms with Gasteiger partial charge in [-0.3, -0.25) is 4.31 Å². The predicted molar refractivity (Wildman–Crippen MR) is 87.6 cm³/mol. The third-order valence-corrected chi connectivity index (χ3v) is 5.93. The molecule has 0 spiro atoms. The molecule has 0 aliphatic carbocycles. The highest BCUT2D eigenvalue weighted by atomic mass is 32.2. The van der Waals surface area contributed by atoms with Crippen LogP contribution >= 0.6 is 0 Å². The molecule has 2 aromatic carbocycles. The Morgan fingerprint density at radius 3 is 2.50 bits per heavy atom. The molecule has 3 rings (SSSR count). The fourth-order valence-corrected chi connectivity index (χ4v) is 4.75. The number of ketones is 1. The summed E-state index contributed by atoms with van der Waals surface area (Å²) in [6, 6.07) is 11.1. The minimum absolute atomic E-state index is 0.186. The van der Waals surface area contributed by atoms with Crippen molar-refractivity contribution in [3.05, 3.63) is 36.4 Å². The number of carbonyl (C=O) groups is 1. The molecule has 0 amide bonds. The zero-order valence-corrected chi connectivity index (χ0v) is 13.4. The van der Waals surface area contributed by atoms with Crippen LogP contribution in [0.5, 0.6) is 0 Å². The number of sulfonamides is 1. The largest absolute Gasteiger partial charge is 0.300 e. The zero-order valence-electron chi connectivity index (χ0n) is 12.6. The van der Waals surface area contributed by atoms with Gasteiger partial charge in [-0.05, 0) is 37.3 Å². The highest BCUT2D eigenvalue weighted by Crippen LogP contribution is 2.41. The van der Waals surface area contributed by atoms with Crippen molar-refractivity contribution in [1.29, 1.82) is 0 Å². The quantitative estimate of drug-likeness (QED) is 0.766. The van der Waals surface area contributed by atoms with E-state index in [-0.39, 0.29) is 5.78 Å². The number of benzene rings is 2. The molecule has 0 saturated heterocycles. The summed E-state index contributed by atoms with van der Waals surface area (Å²) in [7, 11) is -3.44. The highest BCUT2D eigenvalue weighted by Gasteiger charge is 2.34. The van der Waals surface area contributed by atoms with Gasteiger partial charge in [0.2, 0.25) is 0 Å². The first-order chi connectivity index (χ1) is 10.5. The fourth-order valence-electron chi connectivity index (χ4n) is 3.01. The van der Waals surface area contributed by atoms with Crippen LogP contribution in [0.4, 0.5) is 5.69 Å². The Hall–Kier alpha value is -1.88. The Bertz CT molecular complexity index is 822. The summed E-state index contributed by atoms with van der Waals surface area (Å²) < 4.78 is 26.9. The van der Waals surface area contributed by atoms with Gasteiger partial charge >= 0.3 is 0 Å². The number of carbonyl (C=O) groups excluding carboxylic acids is 1. The molecule has 0 saturated carbocycles. The van der Waals surface area contributed by atoms with Crippen molar-refractivity contribution in [2.45, 2.75) is 37.5 Å². The summed E-state index contributed by atoms with van der Waals surface area (Å²) in [5.74, 6) is 0.186. The molecule has 1 aliphatic rings. The van der Waals surface area contributed by atoms with E-state index in [1.165, 1.54) is 4.31 Å². The average Bonchev–Trinajstić information content (AvgIpc) is 2.70. The summed E-state index contributed by atoms with van der Waals surface area (Å²) >= 11 is 0. The lowest BCUT2D eigenvalue weighted by atomic mass is 10.1. The van der Waals surface area contributed by atoms with Crippen molar-refractivity contribution in [2.75, 3.05) is 10.8 Å². The summed E-state index contributed by atoms with van der Waals surface area (Å²) in [6.07, 6.45) is 3.01. The Morgan fingerprint density at radius 2 is 1.77 bits per heavy atom. The van der Waals surface area contributed by atoms with Gasteiger partial charge in [0.25, 0.3) is 10.0 Å². The molecule has 1 heterocycles. The third-order valence-electron chi connectivity index (χ3n) is 4.07. The molecule has 22 heavy (non-hydrogen) atoms. The van der Waals surface area contributed by atoms with Crippen molar-refractivity contribution in [3.63, 3.8) is 0 Å². The van der Waals surface area contributed by atoms with E-state index in [0.29, 0.717) is 17.9 Å². The van der Waals surface area contributed by atoms with E-state index < -0.39 is 10.0 Å². The molecule has 0 N–H and O–H groups in total. The van der Waals surface area contributed by atoms with Crippen LogP contribution < -0.4 is 4.31 Å². The van der Waals surface area contributed by atoms with Gasteiger partial charge < -0.3 is 4.79 Å². The number of rotatable bonds is 6. The van der Waals surface area contributed by atoms with Crippen LogP contribution in [0, 0.1) is 0 Å². The van der Waals surface area contributed by atoms with E-state index in [0.717, 1.165) is 35.7 Å². The van der Waals surface area contributed by atoms with Gasteiger partial charge in [-0.25, -0.2) is 8.42 Å². The Kier molecular flexibility index (Phi) is 3.91. The Balaban J connectivity index is 1.82. The number of unbranched alkanes of at least 4 members (excludes halogenated alkanes) is 2. The van der Waals surface area contributed by atoms with Crippen LogP contribution in [0.2, 0.25) is 0 Å². The summed E-state index contributed by atoms with van der Waals surface area (Å²) in [6.45, 7) is 2.05. The van der Waals surface area contributed by atoms with Crippen LogP contribution in [-0.2, 0) is 14.8 Å². The molecule has 0 fully saturated rings. The first-order valence-electron chi connectivity index (χ1n) is 7.56. The Labute approximate surface area is 130 Å². The maximum atomic E-state index is 12.7. The van der Waals surface area contributed by atoms with Gasteiger partial charge in [0, 0.05) is 18.4 Å². The second kappa shape index (κ2) is 5.72. The van der Waals surface area contributed by atoms with Gasteiger partial charge in [-0.2, -0.15) is 0 Å². The van der Waals surface area contributed by atoms with Crippen molar-refractivity contribution < 1.29 is 13.2 Å². The molecule has 5 heteroatoms. The van der Waals surface area contributed by atoms with Crippen LogP contribution in [0.15, 0.2) is 41.3 Å². The fraction of sp³-hybridized carbons (Fsp3) is 0.353. The summed E-state index contributed by atoms with van der Waals surface area (Å²) in [5.41, 5.74) is 0.777. The van der Waals surface area contributed by atoms with Gasteiger partial charge in [0.05, 0.1) is 10.6 Å². The highest BCUT2D eigenvalue weighted by molar-refractivity contribution is 7.93. The standard InChI is InChI=1S/C17H19NO3S/c1-13(19)7-3-2-4-12-18-15-10-5-8-14-9-6-11-16(17(14)15)22(18,20)21/h5-6,8-11H,2-4,7,12H2,1H3. The third kappa shape index (κ3) is 2.50. The molecule has 0 radical (unpaired) electrons. The topological polar surface area (TPSA) is 54.5 Å². The maximum absolute atomic E-state index is 12.7. The lowest BCUT2D eigenvalue weighted by Gasteiger charge is -2.18. The first kappa shape index (κ1) is 15.0. The SMILES string of the molecule is CC(=O)CCCCCN1c2cccc3cccc(c23)S1(=O)=O. The molecule has 0 bridgehead atoms. The van der Waals surface area contributed by atoms with Gasteiger partial charge in [-0.1, -0.05) is 30.7 Å². The lowest BCUT2D eigenvalue weighted by molar-refractivity contribution is -0.117. The number of hydrogen-bond donors (Lipinski definition) is 0. The van der Waals surface area contributed by atoms with Gasteiger partial charge in [0.15, 0.2) is 0 Å². The molecule has 4 nitrogen and oxygen atoms in total. The number of anilines is 1. The van der Waals surface area contributed by atoms with Gasteiger partial charge in [-0.15, -0.1) is 0 Å². The van der Waals surface area contributed by atoms with Crippen molar-refractivity contribution in [1.82, 2.24) is 0 Å². The lowest BCUT2D eigenvalue weighted by Crippen LogP contribution is -2.28. The van der Waals surface area contributed by atoms with E-state index in [1.54, 1.807) is 19.1 Å². The van der Waals surface area contributed by atoms with Crippen LogP contribution in [0.1, 0.15) is 32.6 Å². The summed E-state index contributed by atoms with van der Waals surface area (Å²) in [4.78, 5) is 11.3. The van der Waals surface area contributed by atoms with E-state index in [2.05, 4.69) is 0 Å². The number of nitrogens with zero attached hydrogens (tertiary/aromatic N) is 1. The van der Waals surface area contributed by atoms with E-state index in [9.17, 15) is 13.2 Å². The normalized spacial score (nSPS) is 15.4. The molecule has 0 aromatic heterocycles. The van der Waals surface area contributed by atoms with Gasteiger partial charge in [0.1, 0.15) is 5.78 Å². The van der Waals surface area contributed by atoms with Crippen molar-refractivity contribution in [2.24, 2.45) is 0 Å². The van der Waals surface area contributed by atoms with E-state index in [4.69, 9.17) is 0 Å². The smallest absolute Gasteiger partial charge is 0.265 e. The van der Waals surface area contributed by atoms with Crippen LogP contribution in [0.25, 0.3) is 10.8 Å². The second-order valence-corrected chi connectivity index (χ2v) is 7.55. The molecule has 0 unspecified atom stereocenters. The van der Waals surface area contributed by atoms with Crippen LogP contribution in [0.3, 0.4) is 0 Å². The minimum Gasteiger partial charge on any atom is -0.300 e. The van der Waals surface area contributed by atoms with E-state index in [1.807, 2.05) is 24.3 Å². The average molecular weight is 317 g/mol. The molecule has 2 aromatic rings. The Morgan fingerprint density at radius 1 is 1.05 bits per heavy atom. The van der Waals surface area contributed by atoms with E-state index >= 15 is 0 Å². The van der Waals surface area contributed by atoms with Crippen molar-refractivity contribution >= 4 is 32.3 Å². The molecular formula is C17H19NO3S. The molecule has 1 aliphatic heterocycles. The predicted octanol–water partition coefficient (Wildman–Crippen LogP) is 3.50. The molecular weight excluding hydrogens is 298 g/mol. The van der Waals surface area contributed by atoms with Crippen molar-refractivity contribution in [3.8, 4) is 0 Å². The number of Topliss-reactive ketones (excluding diaryl/α,β-unsaturated/α-hetero) is 1. The maximum Gasteiger partial charge on any atom is 0.265 e. The molecule has 116 valence electrons. The second-order valence-electron chi connectivity index (χ2n) is 5.72. The molecule has 0 atom stereocenters. The minimum atomic E-state index is -3.44. The number of hydrogen-bond acceptors (Lipinski definition) is 3. The summed E-state index contributed by atoms with van der Waals surface area (Å²) in [5, 5.41) is 1.78. The van der Waals surface area contributed by atoms with Crippen LogP contribution in [-0.4, -0.2) is 20.7 Å². The first-order valence-corrected chi connectivity index (χ1v) is 9.00. The monoisotopic (exact) mass is 317 g/mol.